The van der Waals surface area contributed by atoms with E-state index in [1.165, 1.54) is 13.0 Å². The van der Waals surface area contributed by atoms with E-state index in [4.69, 9.17) is 4.74 Å². The van der Waals surface area contributed by atoms with Gasteiger partial charge >= 0.3 is 12.1 Å². The molecule has 0 fully saturated rings. The van der Waals surface area contributed by atoms with Gasteiger partial charge in [-0.2, -0.15) is 13.2 Å². The van der Waals surface area contributed by atoms with Gasteiger partial charge in [0.2, 0.25) is 0 Å². The molecule has 8 heteroatoms. The number of rotatable bonds is 13. The Bertz CT molecular complexity index is 1530. The Morgan fingerprint density at radius 1 is 1.05 bits per heavy atom. The molecule has 1 N–H and O–H groups in total. The monoisotopic (exact) mass is 578 g/mol. The fraction of sp³-hybridized carbons (Fsp3) is 0.324. The Morgan fingerprint density at radius 2 is 1.76 bits per heavy atom. The van der Waals surface area contributed by atoms with Crippen molar-refractivity contribution in [2.75, 3.05) is 19.7 Å². The molecule has 0 amide bonds. The van der Waals surface area contributed by atoms with Gasteiger partial charge in [-0.15, -0.1) is 6.58 Å². The van der Waals surface area contributed by atoms with Crippen molar-refractivity contribution < 1.29 is 27.8 Å². The molecule has 0 aliphatic carbocycles. The summed E-state index contributed by atoms with van der Waals surface area (Å²) in [6.07, 6.45) is -0.147. The zero-order valence-corrected chi connectivity index (χ0v) is 24.2. The van der Waals surface area contributed by atoms with Crippen molar-refractivity contribution in [2.24, 2.45) is 0 Å². The number of hydrogen-bond acceptors (Lipinski definition) is 3. The lowest BCUT2D eigenvalue weighted by atomic mass is 9.97. The maximum atomic E-state index is 13.6. The lowest BCUT2D eigenvalue weighted by Gasteiger charge is -2.28. The molecule has 1 aromatic heterocycles. The van der Waals surface area contributed by atoms with Crippen LogP contribution < -0.4 is 4.74 Å². The molecule has 3 aromatic carbocycles. The van der Waals surface area contributed by atoms with Crippen molar-refractivity contribution >= 4 is 16.9 Å². The molecule has 42 heavy (non-hydrogen) atoms. The zero-order chi connectivity index (χ0) is 30.5. The molecule has 0 bridgehead atoms. The number of hydrogen-bond donors (Lipinski definition) is 1. The van der Waals surface area contributed by atoms with Crippen molar-refractivity contribution in [1.82, 2.24) is 9.47 Å². The summed E-state index contributed by atoms with van der Waals surface area (Å²) < 4.78 is 48.7. The minimum atomic E-state index is -4.41. The molecule has 1 atom stereocenters. The van der Waals surface area contributed by atoms with Crippen LogP contribution in [0.2, 0.25) is 0 Å². The molecule has 0 aliphatic heterocycles. The molecule has 4 rings (SSSR count). The summed E-state index contributed by atoms with van der Waals surface area (Å²) in [5.41, 5.74) is 0.990. The summed E-state index contributed by atoms with van der Waals surface area (Å²) in [7, 11) is 0. The predicted octanol–water partition coefficient (Wildman–Crippen LogP) is 8.03. The molecular weight excluding hydrogens is 541 g/mol. The van der Waals surface area contributed by atoms with Gasteiger partial charge in [0.25, 0.3) is 0 Å². The van der Waals surface area contributed by atoms with Crippen LogP contribution in [0.5, 0.6) is 5.75 Å². The van der Waals surface area contributed by atoms with Gasteiger partial charge in [0.15, 0.2) is 0 Å². The summed E-state index contributed by atoms with van der Waals surface area (Å²) in [6, 6.07) is 21.7. The second kappa shape index (κ2) is 12.9. The number of ether oxygens (including phenoxy) is 1. The Kier molecular flexibility index (Phi) is 9.46. The molecule has 1 heterocycles. The van der Waals surface area contributed by atoms with Gasteiger partial charge in [0.1, 0.15) is 11.3 Å². The number of nitrogens with zero attached hydrogens (tertiary/aromatic N) is 2. The van der Waals surface area contributed by atoms with Crippen LogP contribution in [0.4, 0.5) is 13.2 Å². The van der Waals surface area contributed by atoms with E-state index >= 15 is 0 Å². The van der Waals surface area contributed by atoms with Crippen molar-refractivity contribution in [3.8, 4) is 5.75 Å². The van der Waals surface area contributed by atoms with Gasteiger partial charge in [-0.1, -0.05) is 54.6 Å². The lowest BCUT2D eigenvalue weighted by molar-refractivity contribution is -0.145. The summed E-state index contributed by atoms with van der Waals surface area (Å²) in [5.74, 6) is -0.277. The van der Waals surface area contributed by atoms with Crippen LogP contribution in [-0.2, 0) is 23.1 Å². The number of fused-ring (bicyclic) bond motifs is 1. The van der Waals surface area contributed by atoms with Crippen LogP contribution in [0.3, 0.4) is 0 Å². The summed E-state index contributed by atoms with van der Waals surface area (Å²) in [4.78, 5) is 14.0. The maximum absolute atomic E-state index is 13.6. The van der Waals surface area contributed by atoms with Gasteiger partial charge in [0, 0.05) is 37.1 Å². The highest BCUT2D eigenvalue weighted by Gasteiger charge is 2.33. The number of halogens is 3. The van der Waals surface area contributed by atoms with E-state index in [-0.39, 0.29) is 11.5 Å². The zero-order valence-electron chi connectivity index (χ0n) is 24.2. The fourth-order valence-electron chi connectivity index (χ4n) is 5.26. The second-order valence-corrected chi connectivity index (χ2v) is 11.0. The third kappa shape index (κ3) is 6.87. The number of aliphatic carboxylic acids is 1. The van der Waals surface area contributed by atoms with Crippen molar-refractivity contribution in [3.05, 3.63) is 114 Å². The lowest BCUT2D eigenvalue weighted by Crippen LogP contribution is -2.34. The van der Waals surface area contributed by atoms with Gasteiger partial charge in [-0.25, -0.2) is 4.79 Å². The van der Waals surface area contributed by atoms with Crippen LogP contribution >= 0.6 is 0 Å². The molecule has 5 nitrogen and oxygen atoms in total. The van der Waals surface area contributed by atoms with E-state index in [2.05, 4.69) is 11.5 Å². The highest BCUT2D eigenvalue weighted by atomic mass is 19.4. The number of carbonyl (C=O) groups is 1. The number of alkyl halides is 3. The standard InChI is InChI=1S/C34H37F3N2O3/c1-5-25(26-12-7-6-8-13-26)22-38(23-27-14-9-15-29(24(27)2)34(35,36)37)19-11-21-42-31-17-10-16-30-28(31)18-20-39(30)33(3,4)32(40)41/h5-10,12-18,20,25H,1,11,19,21-23H2,2-4H3,(H,40,41). The van der Waals surface area contributed by atoms with Crippen molar-refractivity contribution in [2.45, 2.75) is 51.4 Å². The average Bonchev–Trinajstić information content (AvgIpc) is 3.40. The smallest absolute Gasteiger partial charge is 0.416 e. The number of carboxylic acids is 1. The van der Waals surface area contributed by atoms with E-state index in [0.717, 1.165) is 22.5 Å². The average molecular weight is 579 g/mol. The molecule has 0 radical (unpaired) electrons. The molecule has 0 spiro atoms. The first-order valence-electron chi connectivity index (χ1n) is 14.0. The van der Waals surface area contributed by atoms with E-state index in [1.807, 2.05) is 60.7 Å². The second-order valence-electron chi connectivity index (χ2n) is 11.0. The normalized spacial score (nSPS) is 12.9. The van der Waals surface area contributed by atoms with E-state index in [0.29, 0.717) is 44.0 Å². The highest BCUT2D eigenvalue weighted by Crippen LogP contribution is 2.34. The maximum Gasteiger partial charge on any atom is 0.416 e. The van der Waals surface area contributed by atoms with E-state index < -0.39 is 23.2 Å². The highest BCUT2D eigenvalue weighted by molar-refractivity contribution is 5.89. The van der Waals surface area contributed by atoms with Gasteiger partial charge in [0.05, 0.1) is 17.7 Å². The summed E-state index contributed by atoms with van der Waals surface area (Å²) in [6.45, 7) is 10.8. The molecule has 222 valence electrons. The first kappa shape index (κ1) is 30.9. The summed E-state index contributed by atoms with van der Waals surface area (Å²) >= 11 is 0. The Balaban J connectivity index is 1.51. The Labute approximate surface area is 244 Å². The molecule has 0 saturated carbocycles. The molecule has 0 aliphatic rings. The van der Waals surface area contributed by atoms with Crippen LogP contribution in [0.25, 0.3) is 10.9 Å². The molecule has 4 aromatic rings. The Morgan fingerprint density at radius 3 is 2.43 bits per heavy atom. The molecular formula is C34H37F3N2O3. The number of aromatic nitrogens is 1. The SMILES string of the molecule is C=CC(CN(CCCOc1cccc2c1ccn2C(C)(C)C(=O)O)Cc1cccc(C(F)(F)F)c1C)c1ccccc1. The van der Waals surface area contributed by atoms with Crippen LogP contribution in [0.1, 0.15) is 48.4 Å². The largest absolute Gasteiger partial charge is 0.493 e. The van der Waals surface area contributed by atoms with Crippen molar-refractivity contribution in [1.29, 1.82) is 0 Å². The first-order chi connectivity index (χ1) is 19.9. The fourth-order valence-corrected chi connectivity index (χ4v) is 5.26. The van der Waals surface area contributed by atoms with E-state index in [9.17, 15) is 23.1 Å². The number of benzene rings is 3. The van der Waals surface area contributed by atoms with Gasteiger partial charge in [-0.3, -0.25) is 4.90 Å². The third-order valence-corrected chi connectivity index (χ3v) is 7.81. The quantitative estimate of drug-likeness (QED) is 0.129. The predicted molar refractivity (Wildman–Crippen MR) is 160 cm³/mol. The first-order valence-corrected chi connectivity index (χ1v) is 14.0. The van der Waals surface area contributed by atoms with Crippen LogP contribution in [0, 0.1) is 6.92 Å². The molecule has 1 unspecified atom stereocenters. The Hall–Kier alpha value is -4.04. The minimum Gasteiger partial charge on any atom is -0.493 e. The van der Waals surface area contributed by atoms with E-state index in [1.54, 1.807) is 30.7 Å². The topological polar surface area (TPSA) is 54.7 Å². The number of carboxylic acid groups (broad SMARTS) is 1. The van der Waals surface area contributed by atoms with Crippen LogP contribution in [0.15, 0.2) is 91.6 Å². The van der Waals surface area contributed by atoms with Gasteiger partial charge < -0.3 is 14.4 Å². The van der Waals surface area contributed by atoms with Gasteiger partial charge in [-0.05, 0) is 68.1 Å². The molecule has 0 saturated heterocycles. The van der Waals surface area contributed by atoms with Crippen molar-refractivity contribution in [3.63, 3.8) is 0 Å². The van der Waals surface area contributed by atoms with Crippen LogP contribution in [-0.4, -0.2) is 40.2 Å². The third-order valence-electron chi connectivity index (χ3n) is 7.81. The summed E-state index contributed by atoms with van der Waals surface area (Å²) in [5, 5.41) is 10.5. The minimum absolute atomic E-state index is 0.00401.